The van der Waals surface area contributed by atoms with Gasteiger partial charge in [-0.1, -0.05) is 24.3 Å². The fraction of sp³-hybridized carbons (Fsp3) is 0.143. The van der Waals surface area contributed by atoms with Gasteiger partial charge in [0.05, 0.1) is 29.9 Å². The zero-order valence-electron chi connectivity index (χ0n) is 21.5. The topological polar surface area (TPSA) is 156 Å². The molecule has 39 heavy (non-hydrogen) atoms. The van der Waals surface area contributed by atoms with Gasteiger partial charge < -0.3 is 39.8 Å². The zero-order chi connectivity index (χ0) is 28.0. The highest BCUT2D eigenvalue weighted by Crippen LogP contribution is 2.12. The normalized spacial score (nSPS) is 8.77. The molecule has 0 aliphatic carbocycles. The highest BCUT2D eigenvalue weighted by Gasteiger charge is 2.07. The van der Waals surface area contributed by atoms with Crippen molar-refractivity contribution in [1.29, 1.82) is 0 Å². The molecule has 0 heterocycles. The fourth-order valence-corrected chi connectivity index (χ4v) is 2.64. The minimum atomic E-state index is -0.971. The number of carbonyl (C=O) groups excluding carboxylic acids is 1. The number of esters is 1. The third-order valence-electron chi connectivity index (χ3n) is 4.68. The molecule has 0 atom stereocenters. The van der Waals surface area contributed by atoms with E-state index in [1.807, 2.05) is 19.1 Å². The Balaban J connectivity index is 0. The Morgan fingerprint density at radius 2 is 1.00 bits per heavy atom. The maximum Gasteiger partial charge on any atom is 0.338 e. The highest BCUT2D eigenvalue weighted by atomic mass is 35.5. The number of benzene rings is 3. The molecule has 3 aromatic carbocycles. The number of nitrogens with two attached hydrogens (primary N) is 2. The number of rotatable bonds is 6. The second-order valence-corrected chi connectivity index (χ2v) is 7.51. The van der Waals surface area contributed by atoms with Gasteiger partial charge >= 0.3 is 17.9 Å². The van der Waals surface area contributed by atoms with E-state index in [-0.39, 0.29) is 41.9 Å². The van der Waals surface area contributed by atoms with Crippen molar-refractivity contribution in [2.45, 2.75) is 20.8 Å². The van der Waals surface area contributed by atoms with Gasteiger partial charge in [-0.25, -0.2) is 19.2 Å². The number of hydrogen-bond donors (Lipinski definition) is 4. The largest absolute Gasteiger partial charge is 1.00 e. The van der Waals surface area contributed by atoms with Gasteiger partial charge in [0.25, 0.3) is 0 Å². The summed E-state index contributed by atoms with van der Waals surface area (Å²) in [6.45, 7) is 12.4. The first kappa shape index (κ1) is 36.6. The third kappa shape index (κ3) is 13.0. The van der Waals surface area contributed by atoms with Crippen LogP contribution in [0.25, 0.3) is 4.85 Å². The van der Waals surface area contributed by atoms with Gasteiger partial charge in [-0.2, -0.15) is 0 Å². The molecule has 11 heteroatoms. The number of hydrogen-bond acceptors (Lipinski definition) is 4. The first-order chi connectivity index (χ1) is 17.5. The van der Waals surface area contributed by atoms with Crippen molar-refractivity contribution < 1.29 is 65.0 Å². The molecule has 0 unspecified atom stereocenters. The maximum absolute atomic E-state index is 11.3. The van der Waals surface area contributed by atoms with Gasteiger partial charge in [-0.15, -0.1) is 0 Å². The lowest BCUT2D eigenvalue weighted by Gasteiger charge is -2.01. The number of carboxylic acid groups (broad SMARTS) is 2. The monoisotopic (exact) mass is 573 g/mol. The van der Waals surface area contributed by atoms with Crippen molar-refractivity contribution in [1.82, 2.24) is 0 Å². The summed E-state index contributed by atoms with van der Waals surface area (Å²) in [6, 6.07) is 19.3. The van der Waals surface area contributed by atoms with Gasteiger partial charge in [0, 0.05) is 25.0 Å². The minimum absolute atomic E-state index is 0. The minimum Gasteiger partial charge on any atom is -1.00 e. The standard InChI is InChI=1S/C11H13NO2.C9H9NO2.C8H5NO2.2ClH/c1-3-14-11(13)10-6-4-9(5-7-10)8(2)12;1-6(10)7-2-4-8(5-3-7)9(11)12;1-9-7-4-2-6(3-5-7)8(10)11;;/h4-7,12H,3H2,1-2H3;2-5,10H,1H3,(H,11,12);2-5H,(H,10,11);2*1H. The summed E-state index contributed by atoms with van der Waals surface area (Å²) in [5.41, 5.74) is 4.70. The van der Waals surface area contributed by atoms with E-state index in [0.29, 0.717) is 23.6 Å². The summed E-state index contributed by atoms with van der Waals surface area (Å²) < 4.78 is 4.85. The van der Waals surface area contributed by atoms with Crippen LogP contribution in [0.15, 0.2) is 72.8 Å². The van der Waals surface area contributed by atoms with Crippen LogP contribution >= 0.6 is 0 Å². The van der Waals surface area contributed by atoms with Crippen LogP contribution in [0.2, 0.25) is 0 Å². The predicted molar refractivity (Wildman–Crippen MR) is 139 cm³/mol. The lowest BCUT2D eigenvalue weighted by molar-refractivity contribution is -0.114. The number of carboxylic acids is 2. The maximum atomic E-state index is 11.3. The van der Waals surface area contributed by atoms with Crippen molar-refractivity contribution in [2.24, 2.45) is 0 Å². The van der Waals surface area contributed by atoms with Crippen molar-refractivity contribution in [3.63, 3.8) is 0 Å². The van der Waals surface area contributed by atoms with Crippen molar-refractivity contribution in [3.8, 4) is 0 Å². The highest BCUT2D eigenvalue weighted by molar-refractivity contribution is 5.96. The van der Waals surface area contributed by atoms with Gasteiger partial charge in [-0.05, 0) is 55.5 Å². The molecule has 9 nitrogen and oxygen atoms in total. The molecule has 0 aliphatic heterocycles. The summed E-state index contributed by atoms with van der Waals surface area (Å²) in [6.07, 6.45) is 0. The molecular formula is C28H29Cl2N3O6. The molecular weight excluding hydrogens is 545 g/mol. The zero-order valence-corrected chi connectivity index (χ0v) is 23.0. The molecule has 0 saturated heterocycles. The van der Waals surface area contributed by atoms with Crippen molar-refractivity contribution in [2.75, 3.05) is 6.61 Å². The average molecular weight is 574 g/mol. The number of halogens is 2. The van der Waals surface area contributed by atoms with E-state index in [2.05, 4.69) is 4.85 Å². The van der Waals surface area contributed by atoms with Crippen LogP contribution in [-0.2, 0) is 4.74 Å². The van der Waals surface area contributed by atoms with Crippen LogP contribution in [0.4, 0.5) is 5.69 Å². The van der Waals surface area contributed by atoms with Crippen LogP contribution in [0, 0.1) is 6.57 Å². The van der Waals surface area contributed by atoms with Crippen LogP contribution in [0.3, 0.4) is 0 Å². The smallest absolute Gasteiger partial charge is 0.338 e. The number of ether oxygens (including phenoxy) is 1. The molecule has 3 aromatic rings. The molecule has 0 spiro atoms. The summed E-state index contributed by atoms with van der Waals surface area (Å²) in [5.74, 6) is -2.19. The SMILES string of the molecule is CC(=[NH2+])c1ccc(C(=O)O)cc1.CCOC(=O)c1ccc(C(C)=[NH2+])cc1.[C-]#[N+]c1ccc(C(=O)O)cc1.[Cl-].[Cl-]. The fourth-order valence-electron chi connectivity index (χ4n) is 2.64. The molecule has 6 N–H and O–H groups in total. The van der Waals surface area contributed by atoms with Gasteiger partial charge in [-0.3, -0.25) is 10.8 Å². The molecule has 206 valence electrons. The summed E-state index contributed by atoms with van der Waals surface area (Å²) in [7, 11) is 0. The van der Waals surface area contributed by atoms with E-state index >= 15 is 0 Å². The molecule has 3 rings (SSSR count). The Hall–Kier alpha value is -4.52. The van der Waals surface area contributed by atoms with Crippen LogP contribution in [0.1, 0.15) is 63.0 Å². The predicted octanol–water partition coefficient (Wildman–Crippen LogP) is -3.67. The summed E-state index contributed by atoms with van der Waals surface area (Å²) >= 11 is 0. The van der Waals surface area contributed by atoms with Gasteiger partial charge in [0.15, 0.2) is 17.1 Å². The Morgan fingerprint density at radius 1 is 0.692 bits per heavy atom. The number of aromatic carboxylic acids is 2. The third-order valence-corrected chi connectivity index (χ3v) is 4.68. The molecule has 0 bridgehead atoms. The Kier molecular flexibility index (Phi) is 17.6. The Morgan fingerprint density at radius 3 is 1.28 bits per heavy atom. The van der Waals surface area contributed by atoms with Crippen molar-refractivity contribution in [3.05, 3.63) is 112 Å². The number of carbonyl (C=O) groups is 3. The molecule has 0 saturated carbocycles. The van der Waals surface area contributed by atoms with Gasteiger partial charge in [0.1, 0.15) is 0 Å². The van der Waals surface area contributed by atoms with E-state index in [1.54, 1.807) is 38.1 Å². The summed E-state index contributed by atoms with van der Waals surface area (Å²) in [4.78, 5) is 35.2. The lowest BCUT2D eigenvalue weighted by Crippen LogP contribution is -3.00. The molecule has 0 aliphatic rings. The second-order valence-electron chi connectivity index (χ2n) is 7.51. The van der Waals surface area contributed by atoms with Gasteiger partial charge in [0.2, 0.25) is 0 Å². The summed E-state index contributed by atoms with van der Waals surface area (Å²) in [5, 5.41) is 28.2. The van der Waals surface area contributed by atoms with E-state index < -0.39 is 11.9 Å². The molecule has 0 aromatic heterocycles. The van der Waals surface area contributed by atoms with E-state index in [0.717, 1.165) is 16.8 Å². The molecule has 0 amide bonds. The molecule has 0 radical (unpaired) electrons. The lowest BCUT2D eigenvalue weighted by atomic mass is 10.1. The Labute approximate surface area is 239 Å². The second kappa shape index (κ2) is 18.7. The van der Waals surface area contributed by atoms with E-state index in [9.17, 15) is 14.4 Å². The first-order valence-corrected chi connectivity index (χ1v) is 11.0. The quantitative estimate of drug-likeness (QED) is 0.135. The van der Waals surface area contributed by atoms with Crippen molar-refractivity contribution >= 4 is 35.0 Å². The van der Waals surface area contributed by atoms with Crippen LogP contribution < -0.4 is 35.6 Å². The van der Waals surface area contributed by atoms with Crippen LogP contribution in [-0.4, -0.2) is 46.2 Å². The Bertz CT molecular complexity index is 1270. The number of nitrogens with zero attached hydrogens (tertiary/aromatic N) is 1. The molecule has 0 fully saturated rings. The van der Waals surface area contributed by atoms with Crippen LogP contribution in [0.5, 0.6) is 0 Å². The van der Waals surface area contributed by atoms with E-state index in [1.165, 1.54) is 36.4 Å². The average Bonchev–Trinajstić information content (AvgIpc) is 2.89. The van der Waals surface area contributed by atoms with E-state index in [4.69, 9.17) is 32.3 Å². The first-order valence-electron chi connectivity index (χ1n) is 11.0.